The molecule has 6 nitrogen and oxygen atoms in total. The first kappa shape index (κ1) is 27.6. The molecule has 0 saturated carbocycles. The number of hydrogen-bond donors (Lipinski definition) is 1. The van der Waals surface area contributed by atoms with Crippen LogP contribution in [0.25, 0.3) is 0 Å². The molecule has 1 fully saturated rings. The fraction of sp³-hybridized carbons (Fsp3) is 0.710. The number of likely N-dealkylation sites (tertiary alicyclic amines) is 1. The Labute approximate surface area is 227 Å². The molecule has 0 bridgehead atoms. The zero-order valence-corrected chi connectivity index (χ0v) is 22.7. The Morgan fingerprint density at radius 2 is 2.03 bits per heavy atom. The number of nitrogens with zero attached hydrogens (tertiary/aromatic N) is 2. The normalized spacial score (nSPS) is 34.9. The third-order valence-corrected chi connectivity index (χ3v) is 8.92. The van der Waals surface area contributed by atoms with Crippen molar-refractivity contribution in [1.82, 2.24) is 4.90 Å². The van der Waals surface area contributed by atoms with E-state index in [4.69, 9.17) is 14.3 Å². The van der Waals surface area contributed by atoms with E-state index in [9.17, 15) is 9.50 Å². The first-order chi connectivity index (χ1) is 18.7. The molecule has 210 valence electrons. The molecular formula is C31H45FN2O4. The van der Waals surface area contributed by atoms with Gasteiger partial charge in [-0.3, -0.25) is 0 Å². The van der Waals surface area contributed by atoms with Gasteiger partial charge in [-0.25, -0.2) is 4.39 Å². The van der Waals surface area contributed by atoms with Gasteiger partial charge in [-0.2, -0.15) is 0 Å². The minimum atomic E-state index is -0.676. The van der Waals surface area contributed by atoms with Gasteiger partial charge in [-0.1, -0.05) is 23.4 Å². The van der Waals surface area contributed by atoms with Crippen LogP contribution in [-0.2, 0) is 14.3 Å². The SMILES string of the molecule is OC1CC(C2C=CCCC2)C2=C(CC(OCCCCN3CCC(/C4=N/OC/C=C(F)\C=C/C4)CC3)CC2)O1. The predicted octanol–water partition coefficient (Wildman–Crippen LogP) is 6.20. The number of hydrogen-bond acceptors (Lipinski definition) is 6. The Hall–Kier alpha value is -1.96. The summed E-state index contributed by atoms with van der Waals surface area (Å²) in [5.41, 5.74) is 2.49. The summed E-state index contributed by atoms with van der Waals surface area (Å²) in [4.78, 5) is 7.85. The maximum absolute atomic E-state index is 13.5. The van der Waals surface area contributed by atoms with E-state index in [2.05, 4.69) is 22.2 Å². The monoisotopic (exact) mass is 528 g/mol. The van der Waals surface area contributed by atoms with Crippen LogP contribution in [0, 0.1) is 17.8 Å². The predicted molar refractivity (Wildman–Crippen MR) is 147 cm³/mol. The van der Waals surface area contributed by atoms with E-state index >= 15 is 0 Å². The summed E-state index contributed by atoms with van der Waals surface area (Å²) in [6, 6.07) is 0. The molecule has 0 aromatic carbocycles. The summed E-state index contributed by atoms with van der Waals surface area (Å²) < 4.78 is 25.7. The quantitative estimate of drug-likeness (QED) is 0.300. The van der Waals surface area contributed by atoms with Gasteiger partial charge < -0.3 is 24.3 Å². The Morgan fingerprint density at radius 1 is 1.13 bits per heavy atom. The highest BCUT2D eigenvalue weighted by Crippen LogP contribution is 2.44. The fourth-order valence-electron chi connectivity index (χ4n) is 6.79. The van der Waals surface area contributed by atoms with Crippen molar-refractivity contribution >= 4 is 5.71 Å². The van der Waals surface area contributed by atoms with Crippen LogP contribution in [-0.4, -0.2) is 61.0 Å². The number of ether oxygens (including phenoxy) is 2. The Balaban J connectivity index is 0.988. The molecule has 3 heterocycles. The molecule has 38 heavy (non-hydrogen) atoms. The summed E-state index contributed by atoms with van der Waals surface area (Å²) in [6.07, 6.45) is 21.3. The lowest BCUT2D eigenvalue weighted by molar-refractivity contribution is -0.107. The highest BCUT2D eigenvalue weighted by Gasteiger charge is 2.37. The number of unbranched alkanes of at least 4 members (excludes halogenated alkanes) is 1. The molecule has 0 aromatic rings. The maximum Gasteiger partial charge on any atom is 0.197 e. The van der Waals surface area contributed by atoms with Crippen molar-refractivity contribution in [2.75, 3.05) is 32.8 Å². The minimum absolute atomic E-state index is 0.188. The van der Waals surface area contributed by atoms with Crippen molar-refractivity contribution in [3.8, 4) is 0 Å². The van der Waals surface area contributed by atoms with E-state index in [1.165, 1.54) is 37.0 Å². The van der Waals surface area contributed by atoms with E-state index in [0.717, 1.165) is 89.1 Å². The summed E-state index contributed by atoms with van der Waals surface area (Å²) in [5, 5.41) is 14.7. The number of aliphatic hydroxyl groups excluding tert-OH is 1. The fourth-order valence-corrected chi connectivity index (χ4v) is 6.79. The third-order valence-electron chi connectivity index (χ3n) is 8.92. The van der Waals surface area contributed by atoms with Gasteiger partial charge in [0.2, 0.25) is 0 Å². The van der Waals surface area contributed by atoms with Gasteiger partial charge in [0.15, 0.2) is 6.29 Å². The highest BCUT2D eigenvalue weighted by molar-refractivity contribution is 5.87. The molecule has 5 aliphatic rings. The van der Waals surface area contributed by atoms with Crippen molar-refractivity contribution in [3.63, 3.8) is 0 Å². The summed E-state index contributed by atoms with van der Waals surface area (Å²) in [5.74, 6) is 2.16. The van der Waals surface area contributed by atoms with Crippen LogP contribution in [0.4, 0.5) is 4.39 Å². The molecule has 0 aromatic heterocycles. The van der Waals surface area contributed by atoms with Gasteiger partial charge >= 0.3 is 0 Å². The molecule has 4 unspecified atom stereocenters. The van der Waals surface area contributed by atoms with E-state index in [0.29, 0.717) is 24.2 Å². The van der Waals surface area contributed by atoms with Crippen molar-refractivity contribution in [1.29, 1.82) is 0 Å². The lowest BCUT2D eigenvalue weighted by Crippen LogP contribution is -2.37. The van der Waals surface area contributed by atoms with Gasteiger partial charge in [-0.15, -0.1) is 0 Å². The molecule has 0 amide bonds. The van der Waals surface area contributed by atoms with Gasteiger partial charge in [0.05, 0.1) is 11.8 Å². The van der Waals surface area contributed by atoms with Crippen LogP contribution in [0.5, 0.6) is 0 Å². The summed E-state index contributed by atoms with van der Waals surface area (Å²) in [7, 11) is 0. The number of oxime groups is 1. The number of aliphatic hydroxyl groups is 1. The van der Waals surface area contributed by atoms with E-state index in [-0.39, 0.29) is 18.5 Å². The van der Waals surface area contributed by atoms with Crippen LogP contribution in [0.3, 0.4) is 0 Å². The molecule has 3 aliphatic heterocycles. The smallest absolute Gasteiger partial charge is 0.197 e. The molecular weight excluding hydrogens is 483 g/mol. The second-order valence-corrected chi connectivity index (χ2v) is 11.5. The standard InChI is InChI=1S/C31H45FN2O4/c32-25-9-6-10-29(33-37-20-15-25)24-13-17-34(18-14-24)16-4-5-19-36-26-11-12-27-28(23-7-2-1-3-8-23)22-31(35)38-30(27)21-26/h2,6-7,9,15,23-24,26,28,31,35H,1,3-5,8,10-14,16-22H2/b9-6-,25-15+,33-29+. The van der Waals surface area contributed by atoms with Crippen LogP contribution >= 0.6 is 0 Å². The Morgan fingerprint density at radius 3 is 2.87 bits per heavy atom. The molecule has 5 rings (SSSR count). The van der Waals surface area contributed by atoms with Gasteiger partial charge in [0, 0.05) is 31.8 Å². The largest absolute Gasteiger partial charge is 0.469 e. The average molecular weight is 529 g/mol. The van der Waals surface area contributed by atoms with Crippen LogP contribution < -0.4 is 0 Å². The molecule has 2 aliphatic carbocycles. The van der Waals surface area contributed by atoms with Gasteiger partial charge in [-0.05, 0) is 107 Å². The van der Waals surface area contributed by atoms with Gasteiger partial charge in [0.1, 0.15) is 18.2 Å². The Bertz CT molecular complexity index is 934. The lowest BCUT2D eigenvalue weighted by atomic mass is 9.73. The molecule has 4 atom stereocenters. The first-order valence-corrected chi connectivity index (χ1v) is 14.9. The van der Waals surface area contributed by atoms with Crippen LogP contribution in [0.15, 0.2) is 52.7 Å². The van der Waals surface area contributed by atoms with Gasteiger partial charge in [0.25, 0.3) is 0 Å². The number of allylic oxidation sites excluding steroid dienone is 6. The van der Waals surface area contributed by atoms with E-state index < -0.39 is 6.29 Å². The maximum atomic E-state index is 13.5. The minimum Gasteiger partial charge on any atom is -0.469 e. The van der Waals surface area contributed by atoms with Crippen molar-refractivity contribution in [3.05, 3.63) is 47.5 Å². The number of piperidine rings is 1. The number of rotatable bonds is 8. The highest BCUT2D eigenvalue weighted by atomic mass is 19.1. The molecule has 1 saturated heterocycles. The number of halogens is 1. The molecule has 7 heteroatoms. The lowest BCUT2D eigenvalue weighted by Gasteiger charge is -2.40. The average Bonchev–Trinajstić information content (AvgIpc) is 3.05. The second-order valence-electron chi connectivity index (χ2n) is 11.5. The van der Waals surface area contributed by atoms with Crippen molar-refractivity contribution in [2.45, 2.75) is 89.4 Å². The molecule has 1 N–H and O–H groups in total. The van der Waals surface area contributed by atoms with Crippen molar-refractivity contribution in [2.24, 2.45) is 22.9 Å². The molecule has 0 radical (unpaired) electrons. The Kier molecular flexibility index (Phi) is 10.1. The van der Waals surface area contributed by atoms with Crippen LogP contribution in [0.1, 0.15) is 77.0 Å². The second kappa shape index (κ2) is 13.9. The van der Waals surface area contributed by atoms with E-state index in [1.54, 1.807) is 0 Å². The summed E-state index contributed by atoms with van der Waals surface area (Å²) in [6.45, 7) is 4.20. The van der Waals surface area contributed by atoms with E-state index in [1.807, 2.05) is 6.08 Å². The summed E-state index contributed by atoms with van der Waals surface area (Å²) >= 11 is 0. The third kappa shape index (κ3) is 7.57. The van der Waals surface area contributed by atoms with Crippen molar-refractivity contribution < 1.29 is 23.8 Å². The zero-order valence-electron chi connectivity index (χ0n) is 22.7. The zero-order chi connectivity index (χ0) is 26.2. The topological polar surface area (TPSA) is 63.5 Å². The van der Waals surface area contributed by atoms with Crippen LogP contribution in [0.2, 0.25) is 0 Å². The first-order valence-electron chi connectivity index (χ1n) is 14.9. The molecule has 0 spiro atoms.